The van der Waals surface area contributed by atoms with Crippen molar-refractivity contribution in [3.8, 4) is 0 Å². The molecule has 0 aliphatic heterocycles. The van der Waals surface area contributed by atoms with Crippen molar-refractivity contribution in [3.05, 3.63) is 57.3 Å². The molecule has 1 aromatic heterocycles. The van der Waals surface area contributed by atoms with Crippen molar-refractivity contribution in [1.29, 1.82) is 0 Å². The standard InChI is InChI=1S/C15H17F2NS/c1-9-7-14(17)12(8-13(9)16)10(2)18-11(3)15-5-4-6-19-15/h4-8,10-11,18H,1-3H3. The van der Waals surface area contributed by atoms with Crippen molar-refractivity contribution in [2.75, 3.05) is 0 Å². The maximum Gasteiger partial charge on any atom is 0.128 e. The zero-order valence-corrected chi connectivity index (χ0v) is 12.0. The van der Waals surface area contributed by atoms with Crippen LogP contribution >= 0.6 is 11.3 Å². The van der Waals surface area contributed by atoms with E-state index < -0.39 is 0 Å². The Morgan fingerprint density at radius 2 is 1.84 bits per heavy atom. The Morgan fingerprint density at radius 1 is 1.11 bits per heavy atom. The molecule has 0 saturated carbocycles. The van der Waals surface area contributed by atoms with E-state index in [-0.39, 0.29) is 23.7 Å². The summed E-state index contributed by atoms with van der Waals surface area (Å²) in [4.78, 5) is 1.18. The lowest BCUT2D eigenvalue weighted by Crippen LogP contribution is -2.22. The van der Waals surface area contributed by atoms with Gasteiger partial charge in [-0.1, -0.05) is 6.07 Å². The third-order valence-corrected chi connectivity index (χ3v) is 4.27. The molecule has 0 bridgehead atoms. The second kappa shape index (κ2) is 5.80. The molecule has 2 rings (SSSR count). The average molecular weight is 281 g/mol. The third kappa shape index (κ3) is 3.19. The van der Waals surface area contributed by atoms with Crippen LogP contribution in [0.1, 0.15) is 41.9 Å². The van der Waals surface area contributed by atoms with E-state index >= 15 is 0 Å². The van der Waals surface area contributed by atoms with Crippen LogP contribution in [0, 0.1) is 18.6 Å². The first-order chi connectivity index (χ1) is 8.99. The van der Waals surface area contributed by atoms with Crippen molar-refractivity contribution in [3.63, 3.8) is 0 Å². The topological polar surface area (TPSA) is 12.0 Å². The summed E-state index contributed by atoms with van der Waals surface area (Å²) in [5.74, 6) is -0.730. The summed E-state index contributed by atoms with van der Waals surface area (Å²) < 4.78 is 27.4. The first-order valence-electron chi connectivity index (χ1n) is 6.24. The van der Waals surface area contributed by atoms with Gasteiger partial charge in [0, 0.05) is 22.5 Å². The highest BCUT2D eigenvalue weighted by Gasteiger charge is 2.16. The van der Waals surface area contributed by atoms with E-state index in [4.69, 9.17) is 0 Å². The second-order valence-electron chi connectivity index (χ2n) is 4.75. The molecule has 2 atom stereocenters. The molecule has 0 spiro atoms. The van der Waals surface area contributed by atoms with E-state index in [1.165, 1.54) is 17.0 Å². The van der Waals surface area contributed by atoms with E-state index in [9.17, 15) is 8.78 Å². The Morgan fingerprint density at radius 3 is 2.47 bits per heavy atom. The minimum atomic E-state index is -0.367. The van der Waals surface area contributed by atoms with Crippen LogP contribution in [0.3, 0.4) is 0 Å². The number of benzene rings is 1. The van der Waals surface area contributed by atoms with Gasteiger partial charge in [0.15, 0.2) is 0 Å². The highest BCUT2D eigenvalue weighted by molar-refractivity contribution is 7.10. The third-order valence-electron chi connectivity index (χ3n) is 3.21. The van der Waals surface area contributed by atoms with Gasteiger partial charge in [-0.15, -0.1) is 11.3 Å². The van der Waals surface area contributed by atoms with E-state index in [0.717, 1.165) is 0 Å². The fourth-order valence-corrected chi connectivity index (χ4v) is 2.82. The average Bonchev–Trinajstić information content (AvgIpc) is 2.87. The highest BCUT2D eigenvalue weighted by Crippen LogP contribution is 2.25. The highest BCUT2D eigenvalue weighted by atomic mass is 32.1. The first-order valence-corrected chi connectivity index (χ1v) is 7.12. The zero-order valence-electron chi connectivity index (χ0n) is 11.2. The van der Waals surface area contributed by atoms with Gasteiger partial charge in [0.1, 0.15) is 11.6 Å². The number of nitrogens with one attached hydrogen (secondary N) is 1. The molecular weight excluding hydrogens is 264 g/mol. The lowest BCUT2D eigenvalue weighted by atomic mass is 10.0. The maximum atomic E-state index is 13.9. The van der Waals surface area contributed by atoms with Crippen molar-refractivity contribution in [2.45, 2.75) is 32.9 Å². The van der Waals surface area contributed by atoms with Gasteiger partial charge in [0.2, 0.25) is 0 Å². The number of hydrogen-bond donors (Lipinski definition) is 1. The Kier molecular flexibility index (Phi) is 4.32. The van der Waals surface area contributed by atoms with Crippen LogP contribution in [-0.2, 0) is 0 Å². The molecule has 19 heavy (non-hydrogen) atoms. The number of hydrogen-bond acceptors (Lipinski definition) is 2. The molecule has 1 heterocycles. The van der Waals surface area contributed by atoms with Gasteiger partial charge in [-0.3, -0.25) is 0 Å². The molecule has 1 aromatic carbocycles. The summed E-state index contributed by atoms with van der Waals surface area (Å²) in [7, 11) is 0. The van der Waals surface area contributed by atoms with Crippen LogP contribution in [0.2, 0.25) is 0 Å². The van der Waals surface area contributed by atoms with Crippen LogP contribution in [0.5, 0.6) is 0 Å². The minimum Gasteiger partial charge on any atom is -0.303 e. The number of thiophene rings is 1. The van der Waals surface area contributed by atoms with Gasteiger partial charge < -0.3 is 5.32 Å². The summed E-state index contributed by atoms with van der Waals surface area (Å²) in [6.45, 7) is 5.43. The van der Waals surface area contributed by atoms with Crippen molar-refractivity contribution < 1.29 is 8.78 Å². The zero-order chi connectivity index (χ0) is 14.0. The van der Waals surface area contributed by atoms with Gasteiger partial charge in [-0.2, -0.15) is 0 Å². The molecule has 1 nitrogen and oxygen atoms in total. The summed E-state index contributed by atoms with van der Waals surface area (Å²) in [5.41, 5.74) is 0.700. The van der Waals surface area contributed by atoms with Crippen molar-refractivity contribution >= 4 is 11.3 Å². The maximum absolute atomic E-state index is 13.9. The Hall–Kier alpha value is -1.26. The lowest BCUT2D eigenvalue weighted by molar-refractivity contribution is 0.473. The summed E-state index contributed by atoms with van der Waals surface area (Å²) in [6, 6.07) is 6.41. The fourth-order valence-electron chi connectivity index (χ4n) is 2.08. The number of halogens is 2. The molecule has 1 N–H and O–H groups in total. The van der Waals surface area contributed by atoms with Crippen LogP contribution in [0.4, 0.5) is 8.78 Å². The van der Waals surface area contributed by atoms with Gasteiger partial charge in [-0.05, 0) is 49.9 Å². The summed E-state index contributed by atoms with van der Waals surface area (Å²) in [5, 5.41) is 5.29. The van der Waals surface area contributed by atoms with E-state index in [0.29, 0.717) is 11.1 Å². The quantitative estimate of drug-likeness (QED) is 0.853. The molecule has 0 amide bonds. The smallest absolute Gasteiger partial charge is 0.128 e. The Labute approximate surface area is 116 Å². The van der Waals surface area contributed by atoms with Gasteiger partial charge in [0.25, 0.3) is 0 Å². The molecule has 0 aliphatic rings. The SMILES string of the molecule is Cc1cc(F)c(C(C)NC(C)c2cccs2)cc1F. The van der Waals surface area contributed by atoms with Crippen LogP contribution in [0.25, 0.3) is 0 Å². The van der Waals surface area contributed by atoms with Gasteiger partial charge in [-0.25, -0.2) is 8.78 Å². The Balaban J connectivity index is 2.16. The van der Waals surface area contributed by atoms with Gasteiger partial charge in [0.05, 0.1) is 0 Å². The lowest BCUT2D eigenvalue weighted by Gasteiger charge is -2.20. The largest absolute Gasteiger partial charge is 0.303 e. The summed E-state index contributed by atoms with van der Waals surface area (Å²) in [6.07, 6.45) is 0. The minimum absolute atomic E-state index is 0.110. The molecule has 0 aliphatic carbocycles. The number of aryl methyl sites for hydroxylation is 1. The van der Waals surface area contributed by atoms with Crippen LogP contribution < -0.4 is 5.32 Å². The molecule has 0 saturated heterocycles. The number of rotatable bonds is 4. The van der Waals surface area contributed by atoms with Crippen molar-refractivity contribution in [1.82, 2.24) is 5.32 Å². The molecule has 2 aromatic rings. The first kappa shape index (κ1) is 14.2. The van der Waals surface area contributed by atoms with E-state index in [1.807, 2.05) is 31.4 Å². The van der Waals surface area contributed by atoms with Crippen LogP contribution in [-0.4, -0.2) is 0 Å². The molecule has 2 unspecified atom stereocenters. The molecule has 102 valence electrons. The van der Waals surface area contributed by atoms with Crippen LogP contribution in [0.15, 0.2) is 29.6 Å². The molecule has 0 fully saturated rings. The van der Waals surface area contributed by atoms with E-state index in [1.54, 1.807) is 18.3 Å². The normalized spacial score (nSPS) is 14.4. The predicted molar refractivity (Wildman–Crippen MR) is 75.4 cm³/mol. The monoisotopic (exact) mass is 281 g/mol. The fraction of sp³-hybridized carbons (Fsp3) is 0.333. The molecule has 0 radical (unpaired) electrons. The van der Waals surface area contributed by atoms with E-state index in [2.05, 4.69) is 5.32 Å². The molecular formula is C15H17F2NS. The van der Waals surface area contributed by atoms with Gasteiger partial charge >= 0.3 is 0 Å². The summed E-state index contributed by atoms with van der Waals surface area (Å²) >= 11 is 1.65. The second-order valence-corrected chi connectivity index (χ2v) is 5.73. The van der Waals surface area contributed by atoms with Crippen molar-refractivity contribution in [2.24, 2.45) is 0 Å². The Bertz CT molecular complexity index is 552. The molecule has 4 heteroatoms. The predicted octanol–water partition coefficient (Wildman–Crippen LogP) is 4.75.